The number of hydrogen-bond donors (Lipinski definition) is 1. The Labute approximate surface area is 179 Å². The number of methoxy groups -OCH3 is 2. The predicted molar refractivity (Wildman–Crippen MR) is 117 cm³/mol. The predicted octanol–water partition coefficient (Wildman–Crippen LogP) is 5.08. The molecule has 0 aliphatic heterocycles. The molecule has 2 aromatic carbocycles. The van der Waals surface area contributed by atoms with E-state index in [1.54, 1.807) is 50.6 Å². The molecule has 0 saturated heterocycles. The lowest BCUT2D eigenvalue weighted by Gasteiger charge is -2.10. The zero-order valence-corrected chi connectivity index (χ0v) is 18.2. The molecule has 29 heavy (non-hydrogen) atoms. The van der Waals surface area contributed by atoms with Gasteiger partial charge in [0.05, 0.1) is 30.9 Å². The van der Waals surface area contributed by atoms with Crippen LogP contribution >= 0.6 is 15.9 Å². The first kappa shape index (κ1) is 22.5. The standard InChI is InChI=1S/C22H24BrNO5/c1-4-5-11-29-22(26)16-7-6-8-17(14-16)24-20(25)10-9-15-12-18(23)21(28-3)19(13-15)27-2/h6-10,12-14H,4-5,11H2,1-3H3,(H,24,25). The summed E-state index contributed by atoms with van der Waals surface area (Å²) in [5, 5.41) is 2.74. The minimum Gasteiger partial charge on any atom is -0.493 e. The summed E-state index contributed by atoms with van der Waals surface area (Å²) in [6.45, 7) is 2.41. The molecule has 0 fully saturated rings. The smallest absolute Gasteiger partial charge is 0.338 e. The van der Waals surface area contributed by atoms with Crippen LogP contribution in [0.1, 0.15) is 35.7 Å². The van der Waals surface area contributed by atoms with Crippen LogP contribution in [0.2, 0.25) is 0 Å². The van der Waals surface area contributed by atoms with Gasteiger partial charge in [-0.05, 0) is 64.3 Å². The zero-order valence-electron chi connectivity index (χ0n) is 16.7. The fourth-order valence-corrected chi connectivity index (χ4v) is 3.13. The second kappa shape index (κ2) is 11.3. The molecule has 154 valence electrons. The molecule has 0 saturated carbocycles. The van der Waals surface area contributed by atoms with E-state index in [0.29, 0.717) is 33.8 Å². The van der Waals surface area contributed by atoms with Gasteiger partial charge in [0.15, 0.2) is 11.5 Å². The Hall–Kier alpha value is -2.80. The molecule has 2 aromatic rings. The number of rotatable bonds is 9. The maximum atomic E-state index is 12.3. The summed E-state index contributed by atoms with van der Waals surface area (Å²) in [4.78, 5) is 24.3. The van der Waals surface area contributed by atoms with Gasteiger partial charge in [0.2, 0.25) is 5.91 Å². The van der Waals surface area contributed by atoms with Gasteiger partial charge in [-0.15, -0.1) is 0 Å². The van der Waals surface area contributed by atoms with Gasteiger partial charge < -0.3 is 19.5 Å². The van der Waals surface area contributed by atoms with Gasteiger partial charge in [0, 0.05) is 11.8 Å². The minimum atomic E-state index is -0.403. The molecular weight excluding hydrogens is 438 g/mol. The number of amides is 1. The summed E-state index contributed by atoms with van der Waals surface area (Å²) in [6.07, 6.45) is 4.83. The number of benzene rings is 2. The van der Waals surface area contributed by atoms with Crippen molar-refractivity contribution in [1.29, 1.82) is 0 Å². The molecule has 0 heterocycles. The van der Waals surface area contributed by atoms with Gasteiger partial charge >= 0.3 is 5.97 Å². The van der Waals surface area contributed by atoms with E-state index in [2.05, 4.69) is 21.2 Å². The first-order chi connectivity index (χ1) is 14.0. The maximum absolute atomic E-state index is 12.3. The molecule has 1 amide bonds. The molecule has 2 rings (SSSR count). The van der Waals surface area contributed by atoms with E-state index >= 15 is 0 Å². The molecule has 0 spiro atoms. The van der Waals surface area contributed by atoms with Gasteiger partial charge in [-0.2, -0.15) is 0 Å². The normalized spacial score (nSPS) is 10.6. The number of halogens is 1. The van der Waals surface area contributed by atoms with Crippen LogP contribution in [-0.2, 0) is 9.53 Å². The van der Waals surface area contributed by atoms with Gasteiger partial charge in [-0.3, -0.25) is 4.79 Å². The zero-order chi connectivity index (χ0) is 21.2. The number of hydrogen-bond acceptors (Lipinski definition) is 5. The van der Waals surface area contributed by atoms with E-state index in [1.165, 1.54) is 6.08 Å². The third-order valence-corrected chi connectivity index (χ3v) is 4.57. The SMILES string of the molecule is CCCCOC(=O)c1cccc(NC(=O)C=Cc2cc(Br)c(OC)c(OC)c2)c1. The van der Waals surface area contributed by atoms with Crippen molar-refractivity contribution in [1.82, 2.24) is 0 Å². The second-order valence-electron chi connectivity index (χ2n) is 6.13. The highest BCUT2D eigenvalue weighted by Gasteiger charge is 2.10. The van der Waals surface area contributed by atoms with Crippen molar-refractivity contribution in [3.05, 3.63) is 58.1 Å². The molecule has 7 heteroatoms. The molecule has 0 unspecified atom stereocenters. The third-order valence-electron chi connectivity index (χ3n) is 3.98. The monoisotopic (exact) mass is 461 g/mol. The van der Waals surface area contributed by atoms with Crippen molar-refractivity contribution in [2.45, 2.75) is 19.8 Å². The summed E-state index contributed by atoms with van der Waals surface area (Å²) >= 11 is 3.42. The van der Waals surface area contributed by atoms with E-state index in [0.717, 1.165) is 18.4 Å². The largest absolute Gasteiger partial charge is 0.493 e. The van der Waals surface area contributed by atoms with Crippen LogP contribution in [0.4, 0.5) is 5.69 Å². The molecule has 0 bridgehead atoms. The fourth-order valence-electron chi connectivity index (χ4n) is 2.51. The van der Waals surface area contributed by atoms with Crippen LogP contribution in [0.15, 0.2) is 46.9 Å². The molecule has 0 atom stereocenters. The first-order valence-corrected chi connectivity index (χ1v) is 9.95. The Bertz CT molecular complexity index is 895. The highest BCUT2D eigenvalue weighted by Crippen LogP contribution is 2.36. The highest BCUT2D eigenvalue weighted by atomic mass is 79.9. The van der Waals surface area contributed by atoms with Crippen LogP contribution < -0.4 is 14.8 Å². The quantitative estimate of drug-likeness (QED) is 0.320. The Morgan fingerprint density at radius 1 is 1.14 bits per heavy atom. The van der Waals surface area contributed by atoms with E-state index in [9.17, 15) is 9.59 Å². The lowest BCUT2D eigenvalue weighted by atomic mass is 10.1. The van der Waals surface area contributed by atoms with Gasteiger partial charge in [-0.25, -0.2) is 4.79 Å². The number of anilines is 1. The van der Waals surface area contributed by atoms with Crippen LogP contribution in [0.3, 0.4) is 0 Å². The summed E-state index contributed by atoms with van der Waals surface area (Å²) in [5.41, 5.74) is 1.67. The van der Waals surface area contributed by atoms with Crippen molar-refractivity contribution in [3.8, 4) is 11.5 Å². The Balaban J connectivity index is 2.05. The average Bonchev–Trinajstić information content (AvgIpc) is 2.72. The molecule has 0 aliphatic rings. The summed E-state index contributed by atoms with van der Waals surface area (Å²) < 4.78 is 16.5. The number of nitrogens with one attached hydrogen (secondary N) is 1. The average molecular weight is 462 g/mol. The van der Waals surface area contributed by atoms with Crippen molar-refractivity contribution >= 4 is 39.6 Å². The van der Waals surface area contributed by atoms with Crippen molar-refractivity contribution < 1.29 is 23.8 Å². The summed E-state index contributed by atoms with van der Waals surface area (Å²) in [5.74, 6) is 0.403. The van der Waals surface area contributed by atoms with Crippen LogP contribution in [-0.4, -0.2) is 32.7 Å². The van der Waals surface area contributed by atoms with Gasteiger partial charge in [-0.1, -0.05) is 19.4 Å². The Morgan fingerprint density at radius 3 is 2.62 bits per heavy atom. The molecule has 1 N–H and O–H groups in total. The van der Waals surface area contributed by atoms with Crippen LogP contribution in [0, 0.1) is 0 Å². The molecule has 6 nitrogen and oxygen atoms in total. The van der Waals surface area contributed by atoms with Crippen molar-refractivity contribution in [2.75, 3.05) is 26.1 Å². The molecule has 0 aromatic heterocycles. The lowest BCUT2D eigenvalue weighted by Crippen LogP contribution is -2.10. The van der Waals surface area contributed by atoms with E-state index in [1.807, 2.05) is 13.0 Å². The number of esters is 1. The molecular formula is C22H24BrNO5. The summed E-state index contributed by atoms with van der Waals surface area (Å²) in [6, 6.07) is 10.2. The third kappa shape index (κ3) is 6.64. The Morgan fingerprint density at radius 2 is 1.93 bits per heavy atom. The van der Waals surface area contributed by atoms with Crippen molar-refractivity contribution in [3.63, 3.8) is 0 Å². The number of carbonyl (C=O) groups is 2. The molecule has 0 radical (unpaired) electrons. The van der Waals surface area contributed by atoms with E-state index in [-0.39, 0.29) is 5.91 Å². The fraction of sp³-hybridized carbons (Fsp3) is 0.273. The van der Waals surface area contributed by atoms with Crippen molar-refractivity contribution in [2.24, 2.45) is 0 Å². The number of carbonyl (C=O) groups excluding carboxylic acids is 2. The lowest BCUT2D eigenvalue weighted by molar-refractivity contribution is -0.111. The van der Waals surface area contributed by atoms with E-state index in [4.69, 9.17) is 14.2 Å². The van der Waals surface area contributed by atoms with Crippen LogP contribution in [0.25, 0.3) is 6.08 Å². The van der Waals surface area contributed by atoms with Crippen LogP contribution in [0.5, 0.6) is 11.5 Å². The van der Waals surface area contributed by atoms with E-state index < -0.39 is 5.97 Å². The number of ether oxygens (including phenoxy) is 3. The Kier molecular flexibility index (Phi) is 8.73. The topological polar surface area (TPSA) is 73.9 Å². The minimum absolute atomic E-state index is 0.326. The maximum Gasteiger partial charge on any atom is 0.338 e. The highest BCUT2D eigenvalue weighted by molar-refractivity contribution is 9.10. The molecule has 0 aliphatic carbocycles. The summed E-state index contributed by atoms with van der Waals surface area (Å²) in [7, 11) is 3.10. The first-order valence-electron chi connectivity index (χ1n) is 9.16. The van der Waals surface area contributed by atoms with Gasteiger partial charge in [0.25, 0.3) is 0 Å². The second-order valence-corrected chi connectivity index (χ2v) is 6.99. The van der Waals surface area contributed by atoms with Gasteiger partial charge in [0.1, 0.15) is 0 Å². The number of unbranched alkanes of at least 4 members (excludes halogenated alkanes) is 1.